The predicted octanol–water partition coefficient (Wildman–Crippen LogP) is 4.17. The van der Waals surface area contributed by atoms with Crippen molar-refractivity contribution in [2.24, 2.45) is 0 Å². The molecule has 0 radical (unpaired) electrons. The van der Waals surface area contributed by atoms with Crippen LogP contribution < -0.4 is 5.32 Å². The summed E-state index contributed by atoms with van der Waals surface area (Å²) in [6.07, 6.45) is 3.35. The summed E-state index contributed by atoms with van der Waals surface area (Å²) in [5.41, 5.74) is 0.755. The fourth-order valence-corrected chi connectivity index (χ4v) is 2.64. The van der Waals surface area contributed by atoms with E-state index in [-0.39, 0.29) is 6.61 Å². The molecule has 0 fully saturated rings. The fraction of sp³-hybridized carbons (Fsp3) is 0.500. The van der Waals surface area contributed by atoms with Gasteiger partial charge in [0, 0.05) is 28.8 Å². The smallest absolute Gasteiger partial charge is 0.173 e. The van der Waals surface area contributed by atoms with Gasteiger partial charge in [-0.3, -0.25) is 0 Å². The summed E-state index contributed by atoms with van der Waals surface area (Å²) in [4.78, 5) is 1.96. The normalized spacial score (nSPS) is 10.4. The molecular formula is C14H20Cl2N2OS. The van der Waals surface area contributed by atoms with Crippen molar-refractivity contribution in [2.45, 2.75) is 26.2 Å². The van der Waals surface area contributed by atoms with E-state index < -0.39 is 0 Å². The summed E-state index contributed by atoms with van der Waals surface area (Å²) in [6.45, 7) is 3.57. The Morgan fingerprint density at radius 3 is 2.40 bits per heavy atom. The molecule has 0 bridgehead atoms. The summed E-state index contributed by atoms with van der Waals surface area (Å²) < 4.78 is 0. The van der Waals surface area contributed by atoms with Crippen LogP contribution in [0.2, 0.25) is 10.0 Å². The third-order valence-corrected chi connectivity index (χ3v) is 3.60. The summed E-state index contributed by atoms with van der Waals surface area (Å²) in [5.74, 6) is 0. The van der Waals surface area contributed by atoms with Gasteiger partial charge in [0.2, 0.25) is 0 Å². The van der Waals surface area contributed by atoms with Gasteiger partial charge in [0.05, 0.1) is 6.61 Å². The van der Waals surface area contributed by atoms with Crippen molar-refractivity contribution in [1.29, 1.82) is 0 Å². The molecule has 0 heterocycles. The van der Waals surface area contributed by atoms with E-state index in [1.165, 1.54) is 0 Å². The van der Waals surface area contributed by atoms with Gasteiger partial charge >= 0.3 is 0 Å². The minimum atomic E-state index is 0.0737. The van der Waals surface area contributed by atoms with Crippen molar-refractivity contribution in [3.63, 3.8) is 0 Å². The number of halogens is 2. The molecule has 0 aromatic heterocycles. The lowest BCUT2D eigenvalue weighted by Gasteiger charge is -2.25. The number of nitrogens with zero attached hydrogens (tertiary/aromatic N) is 1. The van der Waals surface area contributed by atoms with E-state index in [0.29, 0.717) is 21.7 Å². The number of rotatable bonds is 7. The van der Waals surface area contributed by atoms with Crippen LogP contribution in [0.3, 0.4) is 0 Å². The largest absolute Gasteiger partial charge is 0.395 e. The SMILES string of the molecule is CCCCCN(CCO)C(=S)Nc1cc(Cl)cc(Cl)c1. The molecule has 0 atom stereocenters. The molecule has 0 aliphatic heterocycles. The standard InChI is InChI=1S/C14H20Cl2N2OS/c1-2-3-4-5-18(6-7-19)14(20)17-13-9-11(15)8-12(16)10-13/h8-10,19H,2-7H2,1H3,(H,17,20). The molecule has 0 aliphatic carbocycles. The Morgan fingerprint density at radius 2 is 1.85 bits per heavy atom. The molecular weight excluding hydrogens is 315 g/mol. The van der Waals surface area contributed by atoms with Crippen LogP contribution in [0.1, 0.15) is 26.2 Å². The number of aliphatic hydroxyl groups is 1. The predicted molar refractivity (Wildman–Crippen MR) is 90.9 cm³/mol. The van der Waals surface area contributed by atoms with Crippen LogP contribution in [0.15, 0.2) is 18.2 Å². The Balaban J connectivity index is 2.64. The molecule has 1 aromatic carbocycles. The van der Waals surface area contributed by atoms with Crippen LogP contribution in [0.5, 0.6) is 0 Å². The first-order valence-corrected chi connectivity index (χ1v) is 7.86. The Kier molecular flexibility index (Phi) is 8.22. The number of nitrogens with one attached hydrogen (secondary N) is 1. The minimum absolute atomic E-state index is 0.0737. The van der Waals surface area contributed by atoms with Gasteiger partial charge < -0.3 is 15.3 Å². The van der Waals surface area contributed by atoms with Gasteiger partial charge in [-0.05, 0) is 36.8 Å². The molecule has 0 aliphatic rings. The first-order valence-electron chi connectivity index (χ1n) is 6.69. The third-order valence-electron chi connectivity index (χ3n) is 2.80. The van der Waals surface area contributed by atoms with Crippen molar-refractivity contribution in [3.05, 3.63) is 28.2 Å². The molecule has 6 heteroatoms. The zero-order chi connectivity index (χ0) is 15.0. The number of anilines is 1. The van der Waals surface area contributed by atoms with Crippen molar-refractivity contribution in [3.8, 4) is 0 Å². The Labute approximate surface area is 135 Å². The highest BCUT2D eigenvalue weighted by Gasteiger charge is 2.09. The molecule has 0 amide bonds. The molecule has 0 saturated carbocycles. The van der Waals surface area contributed by atoms with Crippen LogP contribution >= 0.6 is 35.4 Å². The molecule has 0 saturated heterocycles. The minimum Gasteiger partial charge on any atom is -0.395 e. The first-order chi connectivity index (χ1) is 9.56. The molecule has 112 valence electrons. The molecule has 3 nitrogen and oxygen atoms in total. The first kappa shape index (κ1) is 17.5. The maximum absolute atomic E-state index is 9.13. The van der Waals surface area contributed by atoms with E-state index in [4.69, 9.17) is 40.5 Å². The quantitative estimate of drug-likeness (QED) is 0.579. The second-order valence-corrected chi connectivity index (χ2v) is 5.77. The van der Waals surface area contributed by atoms with E-state index in [1.807, 2.05) is 4.90 Å². The Morgan fingerprint density at radius 1 is 1.20 bits per heavy atom. The molecule has 1 aromatic rings. The maximum atomic E-state index is 9.13. The zero-order valence-electron chi connectivity index (χ0n) is 11.5. The average molecular weight is 335 g/mol. The lowest BCUT2D eigenvalue weighted by Crippen LogP contribution is -2.37. The van der Waals surface area contributed by atoms with Gasteiger partial charge in [0.1, 0.15) is 0 Å². The van der Waals surface area contributed by atoms with Crippen LogP contribution in [-0.4, -0.2) is 34.8 Å². The van der Waals surface area contributed by atoms with Crippen molar-refractivity contribution < 1.29 is 5.11 Å². The van der Waals surface area contributed by atoms with Gasteiger partial charge in [-0.2, -0.15) is 0 Å². The summed E-state index contributed by atoms with van der Waals surface area (Å²) in [5, 5.41) is 13.9. The second-order valence-electron chi connectivity index (χ2n) is 4.51. The Bertz CT molecular complexity index is 423. The maximum Gasteiger partial charge on any atom is 0.173 e. The second kappa shape index (κ2) is 9.40. The van der Waals surface area contributed by atoms with E-state index >= 15 is 0 Å². The highest BCUT2D eigenvalue weighted by molar-refractivity contribution is 7.80. The van der Waals surface area contributed by atoms with E-state index in [0.717, 1.165) is 31.5 Å². The molecule has 20 heavy (non-hydrogen) atoms. The van der Waals surface area contributed by atoms with Gasteiger partial charge in [0.25, 0.3) is 0 Å². The number of hydrogen-bond acceptors (Lipinski definition) is 2. The molecule has 0 unspecified atom stereocenters. The number of unbranched alkanes of at least 4 members (excludes halogenated alkanes) is 2. The highest BCUT2D eigenvalue weighted by atomic mass is 35.5. The van der Waals surface area contributed by atoms with Crippen LogP contribution in [0.4, 0.5) is 5.69 Å². The highest BCUT2D eigenvalue weighted by Crippen LogP contribution is 2.22. The molecule has 2 N–H and O–H groups in total. The summed E-state index contributed by atoms with van der Waals surface area (Å²) in [6, 6.07) is 5.20. The third kappa shape index (κ3) is 6.27. The van der Waals surface area contributed by atoms with Gasteiger partial charge in [-0.25, -0.2) is 0 Å². The summed E-state index contributed by atoms with van der Waals surface area (Å²) in [7, 11) is 0. The molecule has 1 rings (SSSR count). The monoisotopic (exact) mass is 334 g/mol. The number of hydrogen-bond donors (Lipinski definition) is 2. The summed E-state index contributed by atoms with van der Waals surface area (Å²) >= 11 is 17.3. The Hall–Kier alpha value is -0.550. The van der Waals surface area contributed by atoms with E-state index in [2.05, 4.69) is 12.2 Å². The fourth-order valence-electron chi connectivity index (χ4n) is 1.82. The van der Waals surface area contributed by atoms with E-state index in [9.17, 15) is 0 Å². The van der Waals surface area contributed by atoms with Crippen molar-refractivity contribution in [2.75, 3.05) is 25.0 Å². The van der Waals surface area contributed by atoms with Crippen LogP contribution in [0.25, 0.3) is 0 Å². The number of aliphatic hydroxyl groups excluding tert-OH is 1. The zero-order valence-corrected chi connectivity index (χ0v) is 13.9. The van der Waals surface area contributed by atoms with Crippen molar-refractivity contribution in [1.82, 2.24) is 4.90 Å². The topological polar surface area (TPSA) is 35.5 Å². The average Bonchev–Trinajstić information content (AvgIpc) is 2.36. The van der Waals surface area contributed by atoms with E-state index in [1.54, 1.807) is 18.2 Å². The lowest BCUT2D eigenvalue weighted by atomic mass is 10.2. The van der Waals surface area contributed by atoms with Crippen molar-refractivity contribution >= 4 is 46.2 Å². The van der Waals surface area contributed by atoms with Crippen LogP contribution in [-0.2, 0) is 0 Å². The van der Waals surface area contributed by atoms with Crippen LogP contribution in [0, 0.1) is 0 Å². The number of thiocarbonyl (C=S) groups is 1. The molecule has 0 spiro atoms. The van der Waals surface area contributed by atoms with Gasteiger partial charge in [-0.1, -0.05) is 43.0 Å². The van der Waals surface area contributed by atoms with Gasteiger partial charge in [-0.15, -0.1) is 0 Å². The number of benzene rings is 1. The lowest BCUT2D eigenvalue weighted by molar-refractivity contribution is 0.249. The van der Waals surface area contributed by atoms with Gasteiger partial charge in [0.15, 0.2) is 5.11 Å².